The van der Waals surface area contributed by atoms with Crippen molar-refractivity contribution < 1.29 is 28.5 Å². The van der Waals surface area contributed by atoms with E-state index in [4.69, 9.17) is 18.9 Å². The lowest BCUT2D eigenvalue weighted by molar-refractivity contribution is -0.168. The zero-order chi connectivity index (χ0) is 29.7. The van der Waals surface area contributed by atoms with Crippen LogP contribution in [0.5, 0.6) is 0 Å². The van der Waals surface area contributed by atoms with Crippen LogP contribution in [0.2, 0.25) is 0 Å². The third-order valence-electron chi connectivity index (χ3n) is 13.3. The van der Waals surface area contributed by atoms with Crippen LogP contribution < -0.4 is 0 Å². The fourth-order valence-corrected chi connectivity index (χ4v) is 11.6. The van der Waals surface area contributed by atoms with E-state index in [-0.39, 0.29) is 47.1 Å². The van der Waals surface area contributed by atoms with E-state index < -0.39 is 11.6 Å². The minimum absolute atomic E-state index is 0.00712. The Hall–Kier alpha value is -0.820. The summed E-state index contributed by atoms with van der Waals surface area (Å²) < 4.78 is 25.9. The second-order valence-corrected chi connectivity index (χ2v) is 16.7. The summed E-state index contributed by atoms with van der Waals surface area (Å²) in [6, 6.07) is 0. The number of carbonyl (C=O) groups is 2. The van der Waals surface area contributed by atoms with Gasteiger partial charge in [0.25, 0.3) is 0 Å². The van der Waals surface area contributed by atoms with E-state index in [0.29, 0.717) is 47.7 Å². The first-order chi connectivity index (χ1) is 19.1. The number of ether oxygens (including phenoxy) is 4. The monoisotopic (exact) mass is 572 g/mol. The summed E-state index contributed by atoms with van der Waals surface area (Å²) in [5.74, 6) is 2.31. The molecule has 4 saturated carbocycles. The minimum atomic E-state index is -0.644. The largest absolute Gasteiger partial charge is 0.345 e. The van der Waals surface area contributed by atoms with Gasteiger partial charge < -0.3 is 23.7 Å². The van der Waals surface area contributed by atoms with Gasteiger partial charge >= 0.3 is 0 Å². The van der Waals surface area contributed by atoms with E-state index in [0.717, 1.165) is 25.5 Å². The van der Waals surface area contributed by atoms with Gasteiger partial charge in [0.05, 0.1) is 24.4 Å². The number of Topliss-reactive ketones (excluding diaryl/α,β-unsaturated/α-hetero) is 1. The van der Waals surface area contributed by atoms with Crippen LogP contribution in [-0.2, 0) is 28.5 Å². The molecule has 6 heteroatoms. The smallest absolute Gasteiger partial charge is 0.163 e. The second kappa shape index (κ2) is 10.1. The highest BCUT2D eigenvalue weighted by molar-refractivity contribution is 5.83. The molecule has 0 aromatic heterocycles. The maximum Gasteiger partial charge on any atom is 0.163 e. The van der Waals surface area contributed by atoms with Gasteiger partial charge in [-0.25, -0.2) is 0 Å². The van der Waals surface area contributed by atoms with Gasteiger partial charge in [-0.05, 0) is 118 Å². The van der Waals surface area contributed by atoms with Crippen LogP contribution in [0.4, 0.5) is 0 Å². The summed E-state index contributed by atoms with van der Waals surface area (Å²) in [4.78, 5) is 25.6. The number of rotatable bonds is 6. The van der Waals surface area contributed by atoms with Gasteiger partial charge in [-0.15, -0.1) is 0 Å². The van der Waals surface area contributed by atoms with Crippen molar-refractivity contribution in [3.8, 4) is 0 Å². The molecule has 232 valence electrons. The number of ketones is 1. The van der Waals surface area contributed by atoms with Crippen LogP contribution in [0, 0.1) is 58.2 Å². The molecular formula is C35H56O6. The molecule has 2 aliphatic heterocycles. The predicted molar refractivity (Wildman–Crippen MR) is 157 cm³/mol. The molecule has 2 heterocycles. The zero-order valence-electron chi connectivity index (χ0n) is 27.1. The molecule has 0 amide bonds. The molecule has 0 bridgehead atoms. The Bertz CT molecular complexity index is 1040. The van der Waals surface area contributed by atoms with Crippen LogP contribution in [-0.4, -0.2) is 48.1 Å². The Balaban J connectivity index is 1.24. The number of aldehydes is 1. The van der Waals surface area contributed by atoms with Crippen molar-refractivity contribution in [1.82, 2.24) is 0 Å². The highest BCUT2D eigenvalue weighted by Crippen LogP contribution is 2.69. The molecule has 0 radical (unpaired) electrons. The average Bonchev–Trinajstić information content (AvgIpc) is 3.48. The van der Waals surface area contributed by atoms with Gasteiger partial charge in [-0.2, -0.15) is 0 Å². The summed E-state index contributed by atoms with van der Waals surface area (Å²) >= 11 is 0. The van der Waals surface area contributed by atoms with Crippen LogP contribution in [0.15, 0.2) is 0 Å². The molecule has 0 spiro atoms. The molecule has 0 aromatic carbocycles. The molecule has 4 aliphatic carbocycles. The fourth-order valence-electron chi connectivity index (χ4n) is 11.6. The van der Waals surface area contributed by atoms with Gasteiger partial charge in [0.15, 0.2) is 11.6 Å². The van der Waals surface area contributed by atoms with Gasteiger partial charge in [0.2, 0.25) is 0 Å². The molecule has 0 N–H and O–H groups in total. The fraction of sp³-hybridized carbons (Fsp3) is 0.943. The SMILES string of the molecule is CC(C)[C@H](CC=O)[C@H]1OC(C)(C)O[C@@H]1[C@@H](C)[C@H]1CC[C@H]2[C@@H]3CC(=O)[C@H]4C[C@@H]5OC(C)(C)O[C@@H]5C[C@]4(C)[C@H]3CC[C@]12C. The molecule has 41 heavy (non-hydrogen) atoms. The topological polar surface area (TPSA) is 71.1 Å². The molecule has 13 atom stereocenters. The molecule has 0 unspecified atom stereocenters. The van der Waals surface area contributed by atoms with E-state index >= 15 is 0 Å². The Kier molecular flexibility index (Phi) is 7.45. The first-order valence-corrected chi connectivity index (χ1v) is 16.8. The third-order valence-corrected chi connectivity index (χ3v) is 13.3. The highest BCUT2D eigenvalue weighted by atomic mass is 16.8. The lowest BCUT2D eigenvalue weighted by Crippen LogP contribution is -2.59. The normalized spacial score (nSPS) is 49.6. The predicted octanol–water partition coefficient (Wildman–Crippen LogP) is 6.97. The summed E-state index contributed by atoms with van der Waals surface area (Å²) in [6.45, 7) is 19.8. The molecule has 0 aromatic rings. The van der Waals surface area contributed by atoms with Crippen LogP contribution >= 0.6 is 0 Å². The molecule has 2 saturated heterocycles. The van der Waals surface area contributed by atoms with Crippen molar-refractivity contribution in [1.29, 1.82) is 0 Å². The molecule has 6 aliphatic rings. The van der Waals surface area contributed by atoms with Crippen LogP contribution in [0.3, 0.4) is 0 Å². The van der Waals surface area contributed by atoms with E-state index in [9.17, 15) is 9.59 Å². The van der Waals surface area contributed by atoms with Crippen molar-refractivity contribution >= 4 is 12.1 Å². The van der Waals surface area contributed by atoms with E-state index in [1.165, 1.54) is 25.7 Å². The lowest BCUT2D eigenvalue weighted by Gasteiger charge is -2.61. The summed E-state index contributed by atoms with van der Waals surface area (Å²) in [5, 5.41) is 0. The minimum Gasteiger partial charge on any atom is -0.345 e. The summed E-state index contributed by atoms with van der Waals surface area (Å²) in [7, 11) is 0. The molecule has 6 nitrogen and oxygen atoms in total. The van der Waals surface area contributed by atoms with Crippen LogP contribution in [0.1, 0.15) is 114 Å². The molecule has 6 fully saturated rings. The van der Waals surface area contributed by atoms with Gasteiger partial charge in [0, 0.05) is 18.8 Å². The van der Waals surface area contributed by atoms with Crippen molar-refractivity contribution in [3.05, 3.63) is 0 Å². The Morgan fingerprint density at radius 3 is 2.15 bits per heavy atom. The van der Waals surface area contributed by atoms with E-state index in [2.05, 4.69) is 34.6 Å². The zero-order valence-corrected chi connectivity index (χ0v) is 27.1. The Labute approximate surface area is 248 Å². The summed E-state index contributed by atoms with van der Waals surface area (Å²) in [5.41, 5.74) is 0.182. The molecule has 6 rings (SSSR count). The number of fused-ring (bicyclic) bond motifs is 6. The van der Waals surface area contributed by atoms with Gasteiger partial charge in [0.1, 0.15) is 12.1 Å². The second-order valence-electron chi connectivity index (χ2n) is 16.7. The van der Waals surface area contributed by atoms with E-state index in [1.54, 1.807) is 0 Å². The lowest BCUT2D eigenvalue weighted by atomic mass is 9.44. The standard InChI is InChI=1S/C35H56O6/c1-19(2)21(13-15-36)31-30(40-33(6,7)41-31)20(3)23-10-11-24-22-16-27(37)26-17-28-29(39-32(4,5)38-28)18-35(26,9)25(22)12-14-34(23,24)8/h15,19-26,28-31H,10-14,16-18H2,1-9H3/t20-,21-,22-,23+,24-,25-,26+,28-,29+,30+,31+,34+,35+/m0/s1. The van der Waals surface area contributed by atoms with Gasteiger partial charge in [-0.3, -0.25) is 4.79 Å². The summed E-state index contributed by atoms with van der Waals surface area (Å²) in [6.07, 6.45) is 8.90. The van der Waals surface area contributed by atoms with Gasteiger partial charge in [-0.1, -0.05) is 34.6 Å². The maximum absolute atomic E-state index is 13.9. The maximum atomic E-state index is 13.9. The van der Waals surface area contributed by atoms with Crippen molar-refractivity contribution in [2.45, 2.75) is 150 Å². The highest BCUT2D eigenvalue weighted by Gasteiger charge is 2.66. The Morgan fingerprint density at radius 2 is 1.46 bits per heavy atom. The molecular weight excluding hydrogens is 516 g/mol. The number of carbonyl (C=O) groups excluding carboxylic acids is 2. The quantitative estimate of drug-likeness (QED) is 0.320. The van der Waals surface area contributed by atoms with Crippen molar-refractivity contribution in [2.24, 2.45) is 58.2 Å². The number of hydrogen-bond acceptors (Lipinski definition) is 6. The van der Waals surface area contributed by atoms with Crippen molar-refractivity contribution in [2.75, 3.05) is 0 Å². The van der Waals surface area contributed by atoms with Crippen LogP contribution in [0.25, 0.3) is 0 Å². The third kappa shape index (κ3) is 4.80. The number of hydrogen-bond donors (Lipinski definition) is 0. The van der Waals surface area contributed by atoms with E-state index in [1.807, 2.05) is 27.7 Å². The average molecular weight is 573 g/mol. The van der Waals surface area contributed by atoms with Crippen molar-refractivity contribution in [3.63, 3.8) is 0 Å². The first-order valence-electron chi connectivity index (χ1n) is 16.8. The first kappa shape index (κ1) is 30.2. The Morgan fingerprint density at radius 1 is 0.829 bits per heavy atom.